The summed E-state index contributed by atoms with van der Waals surface area (Å²) >= 11 is 1.78. The van der Waals surface area contributed by atoms with Gasteiger partial charge in [0.1, 0.15) is 5.75 Å². The van der Waals surface area contributed by atoms with Crippen molar-refractivity contribution in [2.24, 2.45) is 4.99 Å². The fraction of sp³-hybridized carbons (Fsp3) is 0.273. The molecule has 6 nitrogen and oxygen atoms in total. The van der Waals surface area contributed by atoms with E-state index in [9.17, 15) is 4.79 Å². The molecule has 0 bridgehead atoms. The van der Waals surface area contributed by atoms with Crippen LogP contribution in [0.3, 0.4) is 0 Å². The number of ether oxygens (including phenoxy) is 1. The van der Waals surface area contributed by atoms with Crippen molar-refractivity contribution in [3.8, 4) is 5.75 Å². The van der Waals surface area contributed by atoms with E-state index in [0.29, 0.717) is 0 Å². The molecule has 0 radical (unpaired) electrons. The zero-order valence-electron chi connectivity index (χ0n) is 16.1. The van der Waals surface area contributed by atoms with Crippen molar-refractivity contribution in [3.05, 3.63) is 71.6 Å². The van der Waals surface area contributed by atoms with Gasteiger partial charge in [-0.15, -0.1) is 5.43 Å². The van der Waals surface area contributed by atoms with Crippen LogP contribution in [0.15, 0.2) is 65.4 Å². The maximum absolute atomic E-state index is 11.8. The van der Waals surface area contributed by atoms with Crippen molar-refractivity contribution in [2.75, 3.05) is 11.9 Å². The van der Waals surface area contributed by atoms with Gasteiger partial charge in [-0.25, -0.2) is 0 Å². The molecule has 3 unspecified atom stereocenters. The molecule has 2 aromatic rings. The number of nitrogens with one attached hydrogen (secondary N) is 3. The summed E-state index contributed by atoms with van der Waals surface area (Å²) in [5, 5.41) is 5.26. The van der Waals surface area contributed by atoms with E-state index in [0.717, 1.165) is 40.0 Å². The van der Waals surface area contributed by atoms with Gasteiger partial charge in [-0.3, -0.25) is 4.79 Å². The van der Waals surface area contributed by atoms with Crippen LogP contribution in [0.5, 0.6) is 5.75 Å². The number of carbonyl (C=O) groups excluding carboxylic acids is 1. The number of allylic oxidation sites excluding steroid dienone is 1. The summed E-state index contributed by atoms with van der Waals surface area (Å²) in [6, 6.07) is 16.7. The topological polar surface area (TPSA) is 67.2 Å². The highest BCUT2D eigenvalue weighted by Gasteiger charge is 2.43. The number of fused-ring (bicyclic) bond motifs is 2. The highest BCUT2D eigenvalue weighted by molar-refractivity contribution is 8.13. The number of hydrogen-bond donors (Lipinski definition) is 3. The van der Waals surface area contributed by atoms with Gasteiger partial charge in [-0.2, -0.15) is 10.0 Å². The van der Waals surface area contributed by atoms with Crippen LogP contribution in [0, 0.1) is 0 Å². The predicted octanol–water partition coefficient (Wildman–Crippen LogP) is 2.95. The van der Waals surface area contributed by atoms with Gasteiger partial charge in [-0.05, 0) is 41.4 Å². The van der Waals surface area contributed by atoms with Gasteiger partial charge in [0.05, 0.1) is 23.2 Å². The third-order valence-corrected chi connectivity index (χ3v) is 6.69. The van der Waals surface area contributed by atoms with Gasteiger partial charge in [0.15, 0.2) is 12.3 Å². The molecule has 148 valence electrons. The molecule has 0 saturated carbocycles. The van der Waals surface area contributed by atoms with Crippen LogP contribution < -0.4 is 20.5 Å². The minimum Gasteiger partial charge on any atom is -0.482 e. The second-order valence-corrected chi connectivity index (χ2v) is 8.51. The Morgan fingerprint density at radius 1 is 1.21 bits per heavy atom. The summed E-state index contributed by atoms with van der Waals surface area (Å²) in [7, 11) is 0. The molecule has 2 aromatic carbocycles. The third-order valence-electron chi connectivity index (χ3n) is 5.36. The number of quaternary nitrogens is 1. The van der Waals surface area contributed by atoms with Gasteiger partial charge < -0.3 is 10.1 Å². The lowest BCUT2D eigenvalue weighted by molar-refractivity contribution is -0.816. The van der Waals surface area contributed by atoms with Crippen molar-refractivity contribution >= 4 is 28.5 Å². The summed E-state index contributed by atoms with van der Waals surface area (Å²) < 4.78 is 5.53. The van der Waals surface area contributed by atoms with Crippen LogP contribution in [0.1, 0.15) is 42.2 Å². The second kappa shape index (κ2) is 7.67. The van der Waals surface area contributed by atoms with Crippen molar-refractivity contribution in [1.82, 2.24) is 5.43 Å². The van der Waals surface area contributed by atoms with Crippen molar-refractivity contribution < 1.29 is 14.5 Å². The number of nitrogens with zero attached hydrogens (tertiary/aromatic N) is 1. The van der Waals surface area contributed by atoms with E-state index in [1.165, 1.54) is 11.3 Å². The largest absolute Gasteiger partial charge is 0.482 e. The smallest absolute Gasteiger partial charge is 0.287 e. The van der Waals surface area contributed by atoms with E-state index in [4.69, 9.17) is 4.74 Å². The third kappa shape index (κ3) is 3.46. The monoisotopic (exact) mass is 407 g/mol. The zero-order chi connectivity index (χ0) is 19.8. The van der Waals surface area contributed by atoms with Crippen LogP contribution in [0.4, 0.5) is 5.69 Å². The molecule has 5 rings (SSSR count). The van der Waals surface area contributed by atoms with Crippen LogP contribution in [0.25, 0.3) is 0 Å². The molecule has 3 atom stereocenters. The van der Waals surface area contributed by atoms with Gasteiger partial charge >= 0.3 is 0 Å². The normalized spacial score (nSPS) is 25.3. The first kappa shape index (κ1) is 18.4. The average Bonchev–Trinajstić information content (AvgIpc) is 3.15. The van der Waals surface area contributed by atoms with E-state index in [1.807, 2.05) is 24.4 Å². The molecule has 1 saturated heterocycles. The number of benzene rings is 2. The second-order valence-electron chi connectivity index (χ2n) is 7.38. The van der Waals surface area contributed by atoms with E-state index < -0.39 is 0 Å². The van der Waals surface area contributed by atoms with E-state index in [-0.39, 0.29) is 23.8 Å². The number of rotatable bonds is 4. The quantitative estimate of drug-likeness (QED) is 0.729. The molecule has 3 aliphatic heterocycles. The molecular formula is C22H23N4O2S+. The Morgan fingerprint density at radius 3 is 2.90 bits per heavy atom. The highest BCUT2D eigenvalue weighted by Crippen LogP contribution is 2.44. The molecule has 3 aliphatic rings. The SMILES string of the molecule is CCCC1=CN=C2SC(c3ccc4c(c3)NC(=O)CO4)C(c3ccccc3)N[NH+]12. The summed E-state index contributed by atoms with van der Waals surface area (Å²) in [6.07, 6.45) is 4.11. The number of anilines is 1. The fourth-order valence-electron chi connectivity index (χ4n) is 3.98. The van der Waals surface area contributed by atoms with Crippen LogP contribution in [-0.4, -0.2) is 17.7 Å². The maximum atomic E-state index is 11.8. The van der Waals surface area contributed by atoms with Crippen LogP contribution in [-0.2, 0) is 4.79 Å². The number of aliphatic imine (C=N–C) groups is 1. The Bertz CT molecular complexity index is 1010. The highest BCUT2D eigenvalue weighted by atomic mass is 32.2. The van der Waals surface area contributed by atoms with Crippen molar-refractivity contribution in [1.29, 1.82) is 0 Å². The summed E-state index contributed by atoms with van der Waals surface area (Å²) in [5.74, 6) is 0.601. The average molecular weight is 408 g/mol. The number of hydrogen-bond acceptors (Lipinski definition) is 5. The minimum absolute atomic E-state index is 0.0692. The molecule has 7 heteroatoms. The van der Waals surface area contributed by atoms with E-state index in [1.54, 1.807) is 11.8 Å². The van der Waals surface area contributed by atoms with Gasteiger partial charge in [0, 0.05) is 6.42 Å². The Labute approximate surface area is 174 Å². The van der Waals surface area contributed by atoms with Crippen LogP contribution in [0.2, 0.25) is 0 Å². The molecule has 1 amide bonds. The van der Waals surface area contributed by atoms with Crippen molar-refractivity contribution in [2.45, 2.75) is 31.1 Å². The molecular weight excluding hydrogens is 384 g/mol. The number of thioether (sulfide) groups is 1. The van der Waals surface area contributed by atoms with E-state index in [2.05, 4.69) is 53.0 Å². The Morgan fingerprint density at radius 2 is 2.07 bits per heavy atom. The maximum Gasteiger partial charge on any atom is 0.287 e. The number of amidine groups is 1. The Balaban J connectivity index is 1.51. The summed E-state index contributed by atoms with van der Waals surface area (Å²) in [5.41, 5.74) is 8.16. The standard InChI is InChI=1S/C22H22N4O2S/c1-2-6-16-12-23-22-26(16)25-20(14-7-4-3-5-8-14)21(29-22)15-9-10-18-17(11-15)24-19(27)13-28-18/h3-5,7-12,20-21,25H,2,6,13H2,1H3,(H,24,27)/p+1. The molecule has 0 aliphatic carbocycles. The minimum atomic E-state index is -0.118. The Hall–Kier alpha value is -2.61. The summed E-state index contributed by atoms with van der Waals surface area (Å²) in [4.78, 5) is 16.4. The molecule has 29 heavy (non-hydrogen) atoms. The molecule has 3 N–H and O–H groups in total. The first-order valence-corrected chi connectivity index (χ1v) is 10.8. The van der Waals surface area contributed by atoms with Crippen LogP contribution >= 0.6 is 11.8 Å². The number of carbonyl (C=O) groups is 1. The van der Waals surface area contributed by atoms with E-state index >= 15 is 0 Å². The lowest BCUT2D eigenvalue weighted by atomic mass is 9.97. The van der Waals surface area contributed by atoms with Gasteiger partial charge in [0.25, 0.3) is 11.1 Å². The zero-order valence-corrected chi connectivity index (χ0v) is 17.0. The summed E-state index contributed by atoms with van der Waals surface area (Å²) in [6.45, 7) is 2.26. The molecule has 1 fully saturated rings. The molecule has 3 heterocycles. The molecule has 0 spiro atoms. The first-order valence-electron chi connectivity index (χ1n) is 9.92. The first-order chi connectivity index (χ1) is 14.2. The number of amides is 1. The van der Waals surface area contributed by atoms with Gasteiger partial charge in [-0.1, -0.05) is 43.3 Å². The predicted molar refractivity (Wildman–Crippen MR) is 115 cm³/mol. The Kier molecular flexibility index (Phi) is 4.87. The van der Waals surface area contributed by atoms with Gasteiger partial charge in [0.2, 0.25) is 0 Å². The van der Waals surface area contributed by atoms with Crippen molar-refractivity contribution in [3.63, 3.8) is 0 Å². The molecule has 0 aromatic heterocycles. The lowest BCUT2D eigenvalue weighted by Crippen LogP contribution is -3.19. The lowest BCUT2D eigenvalue weighted by Gasteiger charge is -2.35. The fourth-order valence-corrected chi connectivity index (χ4v) is 5.29.